The van der Waals surface area contributed by atoms with Gasteiger partial charge in [0.2, 0.25) is 0 Å². The molecule has 0 aliphatic heterocycles. The molecule has 1 aromatic heterocycles. The fraction of sp³-hybridized carbons (Fsp3) is 0.0500. The smallest absolute Gasteiger partial charge is 0.195 e. The second-order valence-corrected chi connectivity index (χ2v) is 6.37. The largest absolute Gasteiger partial charge is 0.288 e. The zero-order valence-corrected chi connectivity index (χ0v) is 12.8. The van der Waals surface area contributed by atoms with Crippen LogP contribution in [0.3, 0.4) is 0 Å². The molecule has 1 aliphatic carbocycles. The Kier molecular flexibility index (Phi) is 3.24. The van der Waals surface area contributed by atoms with Gasteiger partial charge in [0, 0.05) is 0 Å². The Labute approximate surface area is 133 Å². The van der Waals surface area contributed by atoms with Crippen molar-refractivity contribution in [2.75, 3.05) is 0 Å². The lowest BCUT2D eigenvalue weighted by molar-refractivity contribution is 0.105. The molecule has 3 aromatic rings. The SMILES string of the molecule is O=C(/C=C/c1ccc2c(c1)Cc1ccccc1-2)c1cccs1. The average molecular weight is 302 g/mol. The Balaban J connectivity index is 1.61. The van der Waals surface area contributed by atoms with Crippen molar-refractivity contribution < 1.29 is 4.79 Å². The maximum absolute atomic E-state index is 12.0. The van der Waals surface area contributed by atoms with E-state index in [2.05, 4.69) is 42.5 Å². The summed E-state index contributed by atoms with van der Waals surface area (Å²) in [5, 5.41) is 1.92. The van der Waals surface area contributed by atoms with Gasteiger partial charge in [-0.15, -0.1) is 11.3 Å². The highest BCUT2D eigenvalue weighted by Crippen LogP contribution is 2.36. The Morgan fingerprint density at radius 3 is 2.68 bits per heavy atom. The lowest BCUT2D eigenvalue weighted by Gasteiger charge is -2.01. The van der Waals surface area contributed by atoms with Crippen LogP contribution in [-0.2, 0) is 6.42 Å². The summed E-state index contributed by atoms with van der Waals surface area (Å²) in [5.41, 5.74) is 6.46. The first kappa shape index (κ1) is 13.2. The van der Waals surface area contributed by atoms with Gasteiger partial charge in [-0.25, -0.2) is 0 Å². The van der Waals surface area contributed by atoms with Gasteiger partial charge < -0.3 is 0 Å². The van der Waals surface area contributed by atoms with Crippen molar-refractivity contribution in [1.29, 1.82) is 0 Å². The second kappa shape index (κ2) is 5.39. The van der Waals surface area contributed by atoms with E-state index < -0.39 is 0 Å². The Morgan fingerprint density at radius 1 is 0.955 bits per heavy atom. The topological polar surface area (TPSA) is 17.1 Å². The summed E-state index contributed by atoms with van der Waals surface area (Å²) in [6.45, 7) is 0. The maximum Gasteiger partial charge on any atom is 0.195 e. The van der Waals surface area contributed by atoms with Crippen LogP contribution in [-0.4, -0.2) is 5.78 Å². The third-order valence-electron chi connectivity index (χ3n) is 4.01. The minimum atomic E-state index is 0.0683. The van der Waals surface area contributed by atoms with E-state index in [0.29, 0.717) is 0 Å². The second-order valence-electron chi connectivity index (χ2n) is 5.43. The molecule has 0 saturated heterocycles. The zero-order chi connectivity index (χ0) is 14.9. The molecule has 0 atom stereocenters. The molecule has 0 unspecified atom stereocenters. The number of allylic oxidation sites excluding steroid dienone is 1. The molecule has 2 aromatic carbocycles. The van der Waals surface area contributed by atoms with Crippen LogP contribution in [0.15, 0.2) is 66.1 Å². The normalized spacial score (nSPS) is 12.4. The summed E-state index contributed by atoms with van der Waals surface area (Å²) >= 11 is 1.48. The van der Waals surface area contributed by atoms with Crippen LogP contribution in [0.1, 0.15) is 26.4 Å². The van der Waals surface area contributed by atoms with E-state index in [4.69, 9.17) is 0 Å². The van der Waals surface area contributed by atoms with Gasteiger partial charge in [0.25, 0.3) is 0 Å². The van der Waals surface area contributed by atoms with E-state index in [-0.39, 0.29) is 5.78 Å². The summed E-state index contributed by atoms with van der Waals surface area (Å²) < 4.78 is 0. The fourth-order valence-corrected chi connectivity index (χ4v) is 3.59. The summed E-state index contributed by atoms with van der Waals surface area (Å²) in [6, 6.07) is 18.7. The standard InChI is InChI=1S/C20H14OS/c21-19(20-6-3-11-22-20)10-8-14-7-9-18-16(12-14)13-15-4-1-2-5-17(15)18/h1-12H,13H2/b10-8+. The summed E-state index contributed by atoms with van der Waals surface area (Å²) in [5.74, 6) is 0.0683. The summed E-state index contributed by atoms with van der Waals surface area (Å²) in [6.07, 6.45) is 4.55. The minimum absolute atomic E-state index is 0.0683. The molecule has 0 radical (unpaired) electrons. The van der Waals surface area contributed by atoms with Gasteiger partial charge in [-0.05, 0) is 51.8 Å². The van der Waals surface area contributed by atoms with Crippen LogP contribution in [0.5, 0.6) is 0 Å². The molecule has 106 valence electrons. The van der Waals surface area contributed by atoms with Gasteiger partial charge in [0.1, 0.15) is 0 Å². The van der Waals surface area contributed by atoms with Crippen LogP contribution in [0, 0.1) is 0 Å². The van der Waals surface area contributed by atoms with Crippen molar-refractivity contribution >= 4 is 23.2 Å². The molecule has 1 heterocycles. The van der Waals surface area contributed by atoms with Gasteiger partial charge in [-0.3, -0.25) is 4.79 Å². The first-order valence-corrected chi connectivity index (χ1v) is 8.16. The van der Waals surface area contributed by atoms with E-state index in [1.165, 1.54) is 33.6 Å². The first-order valence-electron chi connectivity index (χ1n) is 7.28. The van der Waals surface area contributed by atoms with Crippen molar-refractivity contribution in [3.8, 4) is 11.1 Å². The molecule has 0 bridgehead atoms. The minimum Gasteiger partial charge on any atom is -0.288 e. The number of rotatable bonds is 3. The van der Waals surface area contributed by atoms with Gasteiger partial charge in [0.15, 0.2) is 5.78 Å². The van der Waals surface area contributed by atoms with Gasteiger partial charge in [-0.2, -0.15) is 0 Å². The molecule has 0 saturated carbocycles. The third kappa shape index (κ3) is 2.32. The van der Waals surface area contributed by atoms with Gasteiger partial charge in [-0.1, -0.05) is 54.6 Å². The number of carbonyl (C=O) groups is 1. The molecule has 0 amide bonds. The molecule has 1 nitrogen and oxygen atoms in total. The molecule has 22 heavy (non-hydrogen) atoms. The predicted molar refractivity (Wildman–Crippen MR) is 92.4 cm³/mol. The molecule has 2 heteroatoms. The van der Waals surface area contributed by atoms with E-state index in [9.17, 15) is 4.79 Å². The zero-order valence-electron chi connectivity index (χ0n) is 12.0. The number of carbonyl (C=O) groups excluding carboxylic acids is 1. The average Bonchev–Trinajstić information content (AvgIpc) is 3.19. The van der Waals surface area contributed by atoms with Gasteiger partial charge >= 0.3 is 0 Å². The molecule has 0 fully saturated rings. The van der Waals surface area contributed by atoms with E-state index in [1.54, 1.807) is 6.08 Å². The predicted octanol–water partition coefficient (Wildman–Crippen LogP) is 5.22. The summed E-state index contributed by atoms with van der Waals surface area (Å²) in [4.78, 5) is 12.8. The molecule has 4 rings (SSSR count). The lowest BCUT2D eigenvalue weighted by atomic mass is 10.0. The van der Waals surface area contributed by atoms with E-state index in [0.717, 1.165) is 16.9 Å². The van der Waals surface area contributed by atoms with E-state index >= 15 is 0 Å². The van der Waals surface area contributed by atoms with Crippen molar-refractivity contribution in [1.82, 2.24) is 0 Å². The van der Waals surface area contributed by atoms with Crippen molar-refractivity contribution in [2.24, 2.45) is 0 Å². The number of hydrogen-bond acceptors (Lipinski definition) is 2. The van der Waals surface area contributed by atoms with Crippen LogP contribution in [0.2, 0.25) is 0 Å². The highest BCUT2D eigenvalue weighted by atomic mass is 32.1. The van der Waals surface area contributed by atoms with E-state index in [1.807, 2.05) is 23.6 Å². The Bertz CT molecular complexity index is 872. The molecular weight excluding hydrogens is 288 g/mol. The highest BCUT2D eigenvalue weighted by molar-refractivity contribution is 7.12. The van der Waals surface area contributed by atoms with Crippen molar-refractivity contribution in [3.05, 3.63) is 87.6 Å². The van der Waals surface area contributed by atoms with Crippen LogP contribution in [0.4, 0.5) is 0 Å². The van der Waals surface area contributed by atoms with Crippen LogP contribution < -0.4 is 0 Å². The lowest BCUT2D eigenvalue weighted by Crippen LogP contribution is -1.89. The number of benzene rings is 2. The molecular formula is C20H14OS. The third-order valence-corrected chi connectivity index (χ3v) is 4.89. The number of fused-ring (bicyclic) bond motifs is 3. The quantitative estimate of drug-likeness (QED) is 0.375. The fourth-order valence-electron chi connectivity index (χ4n) is 2.94. The molecule has 0 N–H and O–H groups in total. The highest BCUT2D eigenvalue weighted by Gasteiger charge is 2.17. The number of ketones is 1. The number of thiophene rings is 1. The van der Waals surface area contributed by atoms with Gasteiger partial charge in [0.05, 0.1) is 4.88 Å². The molecule has 0 spiro atoms. The number of hydrogen-bond donors (Lipinski definition) is 0. The Hall–Kier alpha value is -2.45. The summed E-state index contributed by atoms with van der Waals surface area (Å²) in [7, 11) is 0. The molecule has 1 aliphatic rings. The van der Waals surface area contributed by atoms with Crippen LogP contribution >= 0.6 is 11.3 Å². The van der Waals surface area contributed by atoms with Crippen molar-refractivity contribution in [2.45, 2.75) is 6.42 Å². The maximum atomic E-state index is 12.0. The monoisotopic (exact) mass is 302 g/mol. The Morgan fingerprint density at radius 2 is 1.82 bits per heavy atom. The van der Waals surface area contributed by atoms with Crippen molar-refractivity contribution in [3.63, 3.8) is 0 Å². The van der Waals surface area contributed by atoms with Crippen LogP contribution in [0.25, 0.3) is 17.2 Å². The first-order chi connectivity index (χ1) is 10.8.